The van der Waals surface area contributed by atoms with Gasteiger partial charge in [-0.05, 0) is 29.7 Å². The van der Waals surface area contributed by atoms with E-state index in [4.69, 9.17) is 10.7 Å². The van der Waals surface area contributed by atoms with E-state index < -0.39 is 0 Å². The number of rotatable bonds is 6. The third kappa shape index (κ3) is 4.86. The van der Waals surface area contributed by atoms with Crippen LogP contribution in [0, 0.1) is 0 Å². The third-order valence-electron chi connectivity index (χ3n) is 5.24. The van der Waals surface area contributed by atoms with Crippen molar-refractivity contribution in [3.8, 4) is 21.1 Å². The van der Waals surface area contributed by atoms with Crippen molar-refractivity contribution in [1.82, 2.24) is 19.9 Å². The monoisotopic (exact) mass is 503 g/mol. The molecule has 0 aliphatic carbocycles. The molecule has 5 rings (SSSR count). The second-order valence-corrected chi connectivity index (χ2v) is 9.46. The highest BCUT2D eigenvalue weighted by atomic mass is 32.1. The first kappa shape index (κ1) is 22.6. The Labute approximate surface area is 208 Å². The largest absolute Gasteiger partial charge is 0.382 e. The van der Waals surface area contributed by atoms with Crippen LogP contribution in [0.2, 0.25) is 0 Å². The molecule has 3 heterocycles. The number of urea groups is 1. The lowest BCUT2D eigenvalue weighted by atomic mass is 10.1. The van der Waals surface area contributed by atoms with Crippen molar-refractivity contribution in [2.75, 3.05) is 23.4 Å². The number of para-hydroxylation sites is 1. The molecule has 11 heteroatoms. The van der Waals surface area contributed by atoms with Crippen molar-refractivity contribution in [3.05, 3.63) is 66.2 Å². The van der Waals surface area contributed by atoms with Gasteiger partial charge in [-0.2, -0.15) is 0 Å². The fourth-order valence-corrected chi connectivity index (χ4v) is 5.41. The fraction of sp³-hybridized carbons (Fsp3) is 0.0833. The van der Waals surface area contributed by atoms with Crippen LogP contribution in [0.25, 0.3) is 32.0 Å². The molecule has 2 aromatic carbocycles. The Bertz CT molecular complexity index is 1540. The van der Waals surface area contributed by atoms with Gasteiger partial charge in [-0.1, -0.05) is 41.7 Å². The number of hydrogen-bond acceptors (Lipinski definition) is 7. The molecule has 35 heavy (non-hydrogen) atoms. The molecule has 0 saturated carbocycles. The number of nitrogens with one attached hydrogen (secondary N) is 3. The molecule has 0 saturated heterocycles. The molecule has 3 aromatic heterocycles. The molecule has 5 aromatic rings. The topological polar surface area (TPSA) is 127 Å². The number of nitrogens with zero attached hydrogens (tertiary/aromatic N) is 3. The number of carbonyl (C=O) groups is 2. The molecule has 0 aliphatic heterocycles. The van der Waals surface area contributed by atoms with Gasteiger partial charge in [0, 0.05) is 35.4 Å². The molecule has 3 amide bonds. The van der Waals surface area contributed by atoms with Crippen LogP contribution in [0.4, 0.5) is 21.4 Å². The summed E-state index contributed by atoms with van der Waals surface area (Å²) in [7, 11) is 1.53. The Kier molecular flexibility index (Phi) is 6.17. The Morgan fingerprint density at radius 3 is 2.77 bits per heavy atom. The average molecular weight is 504 g/mol. The van der Waals surface area contributed by atoms with Gasteiger partial charge >= 0.3 is 6.03 Å². The number of benzene rings is 2. The summed E-state index contributed by atoms with van der Waals surface area (Å²) in [4.78, 5) is 33.8. The zero-order valence-corrected chi connectivity index (χ0v) is 20.2. The van der Waals surface area contributed by atoms with Crippen molar-refractivity contribution in [2.24, 2.45) is 0 Å². The maximum atomic E-state index is 12.7. The molecular formula is C24H21N7O2S2. The maximum Gasteiger partial charge on any atom is 0.320 e. The first-order chi connectivity index (χ1) is 17.0. The summed E-state index contributed by atoms with van der Waals surface area (Å²) in [6, 6.07) is 17.1. The van der Waals surface area contributed by atoms with Crippen LogP contribution in [0.1, 0.15) is 0 Å². The van der Waals surface area contributed by atoms with E-state index in [1.165, 1.54) is 29.7 Å². The van der Waals surface area contributed by atoms with Gasteiger partial charge in [0.1, 0.15) is 22.2 Å². The SMILES string of the molecule is CNC(=O)Nc1nc(N)c(-c2nc(-c3cccc(NC(=O)Cn4ccc5ccccc54)c3)cs2)s1. The van der Waals surface area contributed by atoms with Crippen LogP contribution in [0.3, 0.4) is 0 Å². The molecule has 176 valence electrons. The standard InChI is InChI=1S/C24H21N7O2S2/c1-26-23(33)30-24-29-21(25)20(35-24)22-28-17(13-34-22)15-6-4-7-16(11-15)27-19(32)12-31-10-9-14-5-2-3-8-18(14)31/h2-11,13H,12,25H2,1H3,(H,27,32)(H2,26,29,30,33). The molecule has 0 bridgehead atoms. The number of fused-ring (bicyclic) bond motifs is 1. The van der Waals surface area contributed by atoms with Gasteiger partial charge in [0.15, 0.2) is 5.13 Å². The smallest absolute Gasteiger partial charge is 0.320 e. The quantitative estimate of drug-likeness (QED) is 0.263. The molecule has 0 fully saturated rings. The maximum absolute atomic E-state index is 12.7. The molecule has 0 atom stereocenters. The minimum atomic E-state index is -0.367. The lowest BCUT2D eigenvalue weighted by Gasteiger charge is -2.08. The number of nitrogens with two attached hydrogens (primary N) is 1. The van der Waals surface area contributed by atoms with E-state index >= 15 is 0 Å². The van der Waals surface area contributed by atoms with Crippen molar-refractivity contribution >= 4 is 62.2 Å². The van der Waals surface area contributed by atoms with E-state index in [1.807, 2.05) is 70.7 Å². The summed E-state index contributed by atoms with van der Waals surface area (Å²) in [5, 5.41) is 12.2. The average Bonchev–Trinajstić information content (AvgIpc) is 3.58. The Balaban J connectivity index is 1.31. The first-order valence-corrected chi connectivity index (χ1v) is 12.3. The van der Waals surface area contributed by atoms with Gasteiger partial charge in [-0.25, -0.2) is 14.8 Å². The van der Waals surface area contributed by atoms with Crippen LogP contribution in [-0.4, -0.2) is 33.5 Å². The van der Waals surface area contributed by atoms with Crippen LogP contribution >= 0.6 is 22.7 Å². The van der Waals surface area contributed by atoms with E-state index in [1.54, 1.807) is 0 Å². The van der Waals surface area contributed by atoms with Crippen LogP contribution in [-0.2, 0) is 11.3 Å². The molecule has 0 unspecified atom stereocenters. The summed E-state index contributed by atoms with van der Waals surface area (Å²) < 4.78 is 1.92. The van der Waals surface area contributed by atoms with Gasteiger partial charge in [-0.15, -0.1) is 11.3 Å². The van der Waals surface area contributed by atoms with Gasteiger partial charge in [0.25, 0.3) is 0 Å². The van der Waals surface area contributed by atoms with Crippen LogP contribution in [0.15, 0.2) is 66.2 Å². The second-order valence-electron chi connectivity index (χ2n) is 7.61. The van der Waals surface area contributed by atoms with Crippen LogP contribution in [0.5, 0.6) is 0 Å². The van der Waals surface area contributed by atoms with Crippen molar-refractivity contribution < 1.29 is 9.59 Å². The second kappa shape index (κ2) is 9.57. The predicted molar refractivity (Wildman–Crippen MR) is 142 cm³/mol. The number of hydrogen-bond donors (Lipinski definition) is 4. The van der Waals surface area contributed by atoms with Gasteiger partial charge in [0.2, 0.25) is 5.91 Å². The van der Waals surface area contributed by atoms with Gasteiger partial charge < -0.3 is 20.9 Å². The van der Waals surface area contributed by atoms with Gasteiger partial charge in [0.05, 0.1) is 5.69 Å². The normalized spacial score (nSPS) is 10.9. The number of amides is 3. The molecule has 0 spiro atoms. The summed E-state index contributed by atoms with van der Waals surface area (Å²) in [6.45, 7) is 0.218. The van der Waals surface area contributed by atoms with Crippen LogP contribution < -0.4 is 21.7 Å². The molecule has 0 radical (unpaired) electrons. The number of carbonyl (C=O) groups excluding carboxylic acids is 2. The predicted octanol–water partition coefficient (Wildman–Crippen LogP) is 4.86. The summed E-state index contributed by atoms with van der Waals surface area (Å²) in [6.07, 6.45) is 1.91. The molecule has 0 aliphatic rings. The van der Waals surface area contributed by atoms with E-state index in [9.17, 15) is 9.59 Å². The minimum Gasteiger partial charge on any atom is -0.382 e. The number of aromatic nitrogens is 3. The molecular weight excluding hydrogens is 482 g/mol. The highest BCUT2D eigenvalue weighted by Gasteiger charge is 2.16. The summed E-state index contributed by atoms with van der Waals surface area (Å²) in [5.41, 5.74) is 9.38. The lowest BCUT2D eigenvalue weighted by molar-refractivity contribution is -0.116. The Hall–Kier alpha value is -4.22. The zero-order chi connectivity index (χ0) is 24.4. The molecule has 9 nitrogen and oxygen atoms in total. The Morgan fingerprint density at radius 1 is 1.06 bits per heavy atom. The number of nitrogen functional groups attached to an aromatic ring is 1. The molecule has 5 N–H and O–H groups in total. The van der Waals surface area contributed by atoms with Crippen molar-refractivity contribution in [3.63, 3.8) is 0 Å². The number of thiazole rings is 2. The van der Waals surface area contributed by atoms with E-state index in [2.05, 4.69) is 20.9 Å². The first-order valence-electron chi connectivity index (χ1n) is 10.7. The number of anilines is 3. The van der Waals surface area contributed by atoms with E-state index in [0.717, 1.165) is 22.2 Å². The van der Waals surface area contributed by atoms with Crippen molar-refractivity contribution in [1.29, 1.82) is 0 Å². The van der Waals surface area contributed by atoms with E-state index in [0.29, 0.717) is 26.5 Å². The fourth-order valence-electron chi connectivity index (χ4n) is 3.60. The highest BCUT2D eigenvalue weighted by Crippen LogP contribution is 2.38. The Morgan fingerprint density at radius 2 is 1.91 bits per heavy atom. The summed E-state index contributed by atoms with van der Waals surface area (Å²) >= 11 is 2.69. The highest BCUT2D eigenvalue weighted by molar-refractivity contribution is 7.23. The van der Waals surface area contributed by atoms with Gasteiger partial charge in [-0.3, -0.25) is 10.1 Å². The van der Waals surface area contributed by atoms with E-state index in [-0.39, 0.29) is 18.5 Å². The minimum absolute atomic E-state index is 0.115. The van der Waals surface area contributed by atoms with Crippen molar-refractivity contribution in [2.45, 2.75) is 6.54 Å². The zero-order valence-electron chi connectivity index (χ0n) is 18.6. The lowest BCUT2D eigenvalue weighted by Crippen LogP contribution is -2.24. The summed E-state index contributed by atoms with van der Waals surface area (Å²) in [5.74, 6) is 0.192. The third-order valence-corrected chi connectivity index (χ3v) is 7.22.